The average Bonchev–Trinajstić information content (AvgIpc) is 2.74. The van der Waals surface area contributed by atoms with Gasteiger partial charge in [-0.1, -0.05) is 26.7 Å². The Balaban J connectivity index is 2.54. The lowest BCUT2D eigenvalue weighted by atomic mass is 9.78. The summed E-state index contributed by atoms with van der Waals surface area (Å²) < 4.78 is 24.4. The highest BCUT2D eigenvalue weighted by atomic mass is 32.2. The summed E-state index contributed by atoms with van der Waals surface area (Å²) in [4.78, 5) is 11.8. The van der Waals surface area contributed by atoms with Crippen LogP contribution >= 0.6 is 0 Å². The fraction of sp³-hybridized carbons (Fsp3) is 0.929. The molecule has 0 atom stereocenters. The number of carbonyl (C=O) groups excluding carboxylic acids is 1. The Kier molecular flexibility index (Phi) is 6.01. The number of amides is 1. The lowest BCUT2D eigenvalue weighted by Gasteiger charge is -2.31. The first-order valence-corrected chi connectivity index (χ1v) is 8.95. The van der Waals surface area contributed by atoms with Gasteiger partial charge in [-0.3, -0.25) is 4.79 Å². The van der Waals surface area contributed by atoms with Crippen molar-refractivity contribution in [2.75, 3.05) is 26.4 Å². The Morgan fingerprint density at radius 1 is 1.25 bits per heavy atom. The Morgan fingerprint density at radius 2 is 1.80 bits per heavy atom. The number of rotatable bonds is 7. The molecule has 1 amide bonds. The molecular formula is C14H28N2O3S. The second kappa shape index (κ2) is 6.89. The van der Waals surface area contributed by atoms with Crippen LogP contribution in [-0.4, -0.2) is 45.0 Å². The largest absolute Gasteiger partial charge is 0.355 e. The van der Waals surface area contributed by atoms with Crippen molar-refractivity contribution in [2.24, 2.45) is 11.3 Å². The zero-order valence-corrected chi connectivity index (χ0v) is 13.9. The molecule has 0 saturated heterocycles. The van der Waals surface area contributed by atoms with Crippen LogP contribution in [0.4, 0.5) is 0 Å². The van der Waals surface area contributed by atoms with Gasteiger partial charge >= 0.3 is 0 Å². The van der Waals surface area contributed by atoms with Crippen LogP contribution in [0.3, 0.4) is 0 Å². The highest BCUT2D eigenvalue weighted by Gasteiger charge is 2.34. The van der Waals surface area contributed by atoms with Gasteiger partial charge in [0.25, 0.3) is 0 Å². The van der Waals surface area contributed by atoms with E-state index in [1.807, 2.05) is 0 Å². The van der Waals surface area contributed by atoms with E-state index in [0.717, 1.165) is 23.6 Å². The monoisotopic (exact) mass is 304 g/mol. The van der Waals surface area contributed by atoms with Crippen LogP contribution in [0, 0.1) is 11.3 Å². The molecule has 118 valence electrons. The number of nitrogens with zero attached hydrogens (tertiary/aromatic N) is 1. The summed E-state index contributed by atoms with van der Waals surface area (Å²) >= 11 is 0. The van der Waals surface area contributed by atoms with Crippen LogP contribution in [0.2, 0.25) is 0 Å². The van der Waals surface area contributed by atoms with Gasteiger partial charge in [-0.2, -0.15) is 0 Å². The van der Waals surface area contributed by atoms with Gasteiger partial charge in [-0.05, 0) is 30.6 Å². The number of nitrogens with one attached hydrogen (secondary N) is 1. The van der Waals surface area contributed by atoms with Gasteiger partial charge < -0.3 is 5.32 Å². The van der Waals surface area contributed by atoms with Gasteiger partial charge in [0.1, 0.15) is 5.75 Å². The molecule has 1 aliphatic rings. The summed E-state index contributed by atoms with van der Waals surface area (Å²) in [5.74, 6) is -0.262. The maximum atomic E-state index is 11.8. The third-order valence-electron chi connectivity index (χ3n) is 4.04. The molecule has 1 saturated carbocycles. The first kappa shape index (κ1) is 17.4. The Labute approximate surface area is 123 Å². The molecule has 1 fully saturated rings. The zero-order chi connectivity index (χ0) is 15.4. The zero-order valence-electron chi connectivity index (χ0n) is 13.1. The predicted molar refractivity (Wildman–Crippen MR) is 80.8 cm³/mol. The Morgan fingerprint density at radius 3 is 2.25 bits per heavy atom. The molecular weight excluding hydrogens is 276 g/mol. The van der Waals surface area contributed by atoms with Crippen LogP contribution < -0.4 is 5.32 Å². The molecule has 0 unspecified atom stereocenters. The van der Waals surface area contributed by atoms with Gasteiger partial charge in [0.15, 0.2) is 0 Å². The number of carbonyl (C=O) groups is 1. The van der Waals surface area contributed by atoms with E-state index in [-0.39, 0.29) is 5.41 Å². The van der Waals surface area contributed by atoms with E-state index in [9.17, 15) is 13.2 Å². The summed E-state index contributed by atoms with van der Waals surface area (Å²) in [5, 5.41) is 2.84. The van der Waals surface area contributed by atoms with Gasteiger partial charge in [0.05, 0.1) is 0 Å². The van der Waals surface area contributed by atoms with Crippen molar-refractivity contribution in [3.63, 3.8) is 0 Å². The van der Waals surface area contributed by atoms with Crippen molar-refractivity contribution in [1.29, 1.82) is 0 Å². The second-order valence-corrected chi connectivity index (χ2v) is 8.80. The summed E-state index contributed by atoms with van der Waals surface area (Å²) in [7, 11) is -0.576. The van der Waals surface area contributed by atoms with E-state index in [2.05, 4.69) is 19.2 Å². The van der Waals surface area contributed by atoms with Crippen LogP contribution in [0.5, 0.6) is 0 Å². The molecule has 0 aromatic carbocycles. The fourth-order valence-corrected chi connectivity index (χ4v) is 3.77. The van der Waals surface area contributed by atoms with Crippen LogP contribution in [-0.2, 0) is 14.8 Å². The van der Waals surface area contributed by atoms with Gasteiger partial charge in [-0.15, -0.1) is 0 Å². The maximum Gasteiger partial charge on any atom is 0.236 e. The van der Waals surface area contributed by atoms with Crippen LogP contribution in [0.1, 0.15) is 46.0 Å². The molecule has 20 heavy (non-hydrogen) atoms. The number of hydrogen-bond donors (Lipinski definition) is 1. The first-order chi connectivity index (χ1) is 9.17. The van der Waals surface area contributed by atoms with Gasteiger partial charge in [0.2, 0.25) is 15.9 Å². The topological polar surface area (TPSA) is 66.5 Å². The summed E-state index contributed by atoms with van der Waals surface area (Å²) in [6, 6.07) is 0. The molecule has 5 nitrogen and oxygen atoms in total. The van der Waals surface area contributed by atoms with Gasteiger partial charge in [0, 0.05) is 20.6 Å². The predicted octanol–water partition coefficient (Wildman–Crippen LogP) is 1.60. The molecule has 0 spiro atoms. The third-order valence-corrected chi connectivity index (χ3v) is 5.78. The van der Waals surface area contributed by atoms with E-state index in [1.54, 1.807) is 0 Å². The van der Waals surface area contributed by atoms with E-state index in [1.165, 1.54) is 26.9 Å². The van der Waals surface area contributed by atoms with Crippen molar-refractivity contribution in [3.8, 4) is 0 Å². The van der Waals surface area contributed by atoms with Crippen molar-refractivity contribution in [2.45, 2.75) is 46.0 Å². The molecule has 0 bridgehead atoms. The van der Waals surface area contributed by atoms with E-state index in [0.29, 0.717) is 12.5 Å². The lowest BCUT2D eigenvalue weighted by molar-refractivity contribution is -0.119. The lowest BCUT2D eigenvalue weighted by Crippen LogP contribution is -2.41. The Hall–Kier alpha value is -0.620. The highest BCUT2D eigenvalue weighted by Crippen LogP contribution is 2.42. The summed E-state index contributed by atoms with van der Waals surface area (Å²) in [6.45, 7) is 4.99. The van der Waals surface area contributed by atoms with Crippen molar-refractivity contribution < 1.29 is 13.2 Å². The minimum Gasteiger partial charge on any atom is -0.355 e. The molecule has 0 aliphatic heterocycles. The molecule has 0 aromatic heterocycles. The van der Waals surface area contributed by atoms with Crippen LogP contribution in [0.25, 0.3) is 0 Å². The van der Waals surface area contributed by atoms with Crippen molar-refractivity contribution >= 4 is 15.9 Å². The molecule has 1 aliphatic carbocycles. The SMILES string of the molecule is CC(C)CC1(CNC(=O)CS(=O)(=O)N(C)C)CCCC1. The highest BCUT2D eigenvalue weighted by molar-refractivity contribution is 7.89. The molecule has 0 radical (unpaired) electrons. The molecule has 0 heterocycles. The van der Waals surface area contributed by atoms with E-state index in [4.69, 9.17) is 0 Å². The van der Waals surface area contributed by atoms with E-state index >= 15 is 0 Å². The number of hydrogen-bond acceptors (Lipinski definition) is 3. The second-order valence-electron chi connectivity index (χ2n) is 6.62. The average molecular weight is 304 g/mol. The molecule has 1 rings (SSSR count). The summed E-state index contributed by atoms with van der Waals surface area (Å²) in [5.41, 5.74) is 0.172. The first-order valence-electron chi connectivity index (χ1n) is 7.34. The van der Waals surface area contributed by atoms with E-state index < -0.39 is 21.7 Å². The molecule has 0 aromatic rings. The summed E-state index contributed by atoms with van der Waals surface area (Å²) in [6.07, 6.45) is 5.77. The van der Waals surface area contributed by atoms with Crippen LogP contribution in [0.15, 0.2) is 0 Å². The fourth-order valence-electron chi connectivity index (χ4n) is 3.08. The smallest absolute Gasteiger partial charge is 0.236 e. The molecule has 1 N–H and O–H groups in total. The minimum atomic E-state index is -3.46. The van der Waals surface area contributed by atoms with Crippen molar-refractivity contribution in [3.05, 3.63) is 0 Å². The minimum absolute atomic E-state index is 0.172. The third kappa shape index (κ3) is 5.05. The number of sulfonamides is 1. The molecule has 6 heteroatoms. The quantitative estimate of drug-likeness (QED) is 0.777. The normalized spacial score (nSPS) is 18.7. The maximum absolute atomic E-state index is 11.8. The Bertz CT molecular complexity index is 424. The van der Waals surface area contributed by atoms with Crippen molar-refractivity contribution in [1.82, 2.24) is 9.62 Å². The van der Waals surface area contributed by atoms with Gasteiger partial charge in [-0.25, -0.2) is 12.7 Å². The standard InChI is InChI=1S/C14H28N2O3S/c1-12(2)9-14(7-5-6-8-14)11-15-13(17)10-20(18,19)16(3)4/h12H,5-11H2,1-4H3,(H,15,17).